The lowest BCUT2D eigenvalue weighted by Gasteiger charge is -2.02. The Labute approximate surface area is 63.0 Å². The third-order valence-corrected chi connectivity index (χ3v) is 0.604. The van der Waals surface area contributed by atoms with Gasteiger partial charge < -0.3 is 4.84 Å². The van der Waals surface area contributed by atoms with Crippen molar-refractivity contribution in [1.82, 2.24) is 0 Å². The van der Waals surface area contributed by atoms with Crippen molar-refractivity contribution in [1.29, 1.82) is 0 Å². The van der Waals surface area contributed by atoms with E-state index < -0.39 is 12.8 Å². The molecule has 0 aliphatic carbocycles. The van der Waals surface area contributed by atoms with E-state index >= 15 is 0 Å². The molecule has 0 saturated heterocycles. The van der Waals surface area contributed by atoms with Gasteiger partial charge in [0, 0.05) is 5.92 Å². The maximum Gasteiger partial charge on any atom is 0.425 e. The number of hydrogen-bond acceptors (Lipinski definition) is 2. The van der Waals surface area contributed by atoms with E-state index in [1.807, 2.05) is 0 Å². The van der Waals surface area contributed by atoms with E-state index in [1.54, 1.807) is 13.8 Å². The fraction of sp³-hybridized carbons (Fsp3) is 0.833. The van der Waals surface area contributed by atoms with E-state index in [9.17, 15) is 13.2 Å². The van der Waals surface area contributed by atoms with Gasteiger partial charge >= 0.3 is 6.18 Å². The summed E-state index contributed by atoms with van der Waals surface area (Å²) in [7, 11) is 0. The molecule has 0 amide bonds. The van der Waals surface area contributed by atoms with Crippen molar-refractivity contribution >= 4 is 6.21 Å². The van der Waals surface area contributed by atoms with Gasteiger partial charge in [-0.1, -0.05) is 19.0 Å². The SMILES string of the molecule is CC(C)/[C]=N\OCC(F)(F)F. The molecule has 0 aromatic heterocycles. The highest BCUT2D eigenvalue weighted by Gasteiger charge is 2.28. The number of alkyl halides is 3. The van der Waals surface area contributed by atoms with Gasteiger partial charge in [0.2, 0.25) is 6.61 Å². The highest BCUT2D eigenvalue weighted by molar-refractivity contribution is 5.58. The van der Waals surface area contributed by atoms with Crippen LogP contribution in [0.2, 0.25) is 0 Å². The quantitative estimate of drug-likeness (QED) is 0.467. The number of rotatable bonds is 3. The molecule has 2 nitrogen and oxygen atoms in total. The first-order valence-corrected chi connectivity index (χ1v) is 3.06. The molecule has 0 bridgehead atoms. The fourth-order valence-electron chi connectivity index (χ4n) is 0.248. The van der Waals surface area contributed by atoms with Gasteiger partial charge in [-0.25, -0.2) is 0 Å². The molecule has 0 spiro atoms. The van der Waals surface area contributed by atoms with Gasteiger partial charge in [0.25, 0.3) is 0 Å². The van der Waals surface area contributed by atoms with E-state index in [1.165, 1.54) is 0 Å². The maximum atomic E-state index is 11.4. The first-order valence-electron chi connectivity index (χ1n) is 3.06. The number of nitrogens with zero attached hydrogens (tertiary/aromatic N) is 1. The lowest BCUT2D eigenvalue weighted by atomic mass is 10.3. The van der Waals surface area contributed by atoms with E-state index in [0.29, 0.717) is 0 Å². The molecule has 0 aromatic carbocycles. The molecule has 0 fully saturated rings. The molecule has 0 aliphatic heterocycles. The zero-order chi connectivity index (χ0) is 8.91. The zero-order valence-electron chi connectivity index (χ0n) is 6.27. The molecular formula is C6H9F3NO. The molecule has 0 unspecified atom stereocenters. The molecular weight excluding hydrogens is 159 g/mol. The van der Waals surface area contributed by atoms with Crippen molar-refractivity contribution in [3.8, 4) is 0 Å². The van der Waals surface area contributed by atoms with Crippen molar-refractivity contribution < 1.29 is 18.0 Å². The zero-order valence-corrected chi connectivity index (χ0v) is 6.27. The summed E-state index contributed by atoms with van der Waals surface area (Å²) in [6.45, 7) is 2.12. The molecule has 65 valence electrons. The summed E-state index contributed by atoms with van der Waals surface area (Å²) in [4.78, 5) is 3.90. The van der Waals surface area contributed by atoms with Gasteiger partial charge in [0.05, 0.1) is 0 Å². The van der Waals surface area contributed by atoms with E-state index in [0.717, 1.165) is 0 Å². The van der Waals surface area contributed by atoms with Crippen LogP contribution in [0, 0.1) is 5.92 Å². The molecule has 0 rings (SSSR count). The minimum absolute atomic E-state index is 0.0248. The summed E-state index contributed by atoms with van der Waals surface area (Å²) < 4.78 is 34.1. The van der Waals surface area contributed by atoms with Crippen molar-refractivity contribution in [2.75, 3.05) is 6.61 Å². The predicted molar refractivity (Wildman–Crippen MR) is 34.3 cm³/mol. The van der Waals surface area contributed by atoms with Crippen LogP contribution in [0.1, 0.15) is 13.8 Å². The average molecular weight is 168 g/mol. The second-order valence-corrected chi connectivity index (χ2v) is 2.26. The van der Waals surface area contributed by atoms with E-state index in [-0.39, 0.29) is 5.92 Å². The lowest BCUT2D eigenvalue weighted by Crippen LogP contribution is -2.15. The fourth-order valence-corrected chi connectivity index (χ4v) is 0.248. The summed E-state index contributed by atoms with van der Waals surface area (Å²) in [5.74, 6) is -0.0248. The van der Waals surface area contributed by atoms with Crippen LogP contribution in [-0.4, -0.2) is 19.0 Å². The van der Waals surface area contributed by atoms with Gasteiger partial charge in [-0.3, -0.25) is 0 Å². The minimum Gasteiger partial charge on any atom is -0.386 e. The van der Waals surface area contributed by atoms with Crippen LogP contribution >= 0.6 is 0 Å². The molecule has 0 saturated carbocycles. The van der Waals surface area contributed by atoms with Gasteiger partial charge in [0.1, 0.15) is 6.21 Å². The van der Waals surface area contributed by atoms with Crippen molar-refractivity contribution in [2.24, 2.45) is 11.1 Å². The van der Waals surface area contributed by atoms with Gasteiger partial charge in [-0.05, 0) is 0 Å². The van der Waals surface area contributed by atoms with Crippen LogP contribution in [0.5, 0.6) is 0 Å². The van der Waals surface area contributed by atoms with E-state index in [2.05, 4.69) is 16.2 Å². The minimum atomic E-state index is -4.32. The normalized spacial score (nSPS) is 12.9. The monoisotopic (exact) mass is 168 g/mol. The second kappa shape index (κ2) is 4.20. The predicted octanol–water partition coefficient (Wildman–Crippen LogP) is 2.08. The van der Waals surface area contributed by atoms with Crippen LogP contribution in [-0.2, 0) is 4.84 Å². The average Bonchev–Trinajstić information content (AvgIpc) is 1.78. The summed E-state index contributed by atoms with van der Waals surface area (Å²) in [6.07, 6.45) is -2.00. The third-order valence-electron chi connectivity index (χ3n) is 0.604. The molecule has 1 radical (unpaired) electrons. The van der Waals surface area contributed by atoms with Gasteiger partial charge in [0.15, 0.2) is 0 Å². The highest BCUT2D eigenvalue weighted by Crippen LogP contribution is 2.14. The standard InChI is InChI=1S/C6H9F3NO/c1-5(2)3-10-11-4-6(7,8)9/h5H,4H2,1-2H3. The van der Waals surface area contributed by atoms with Crippen LogP contribution < -0.4 is 0 Å². The smallest absolute Gasteiger partial charge is 0.386 e. The Hall–Kier alpha value is -0.740. The molecule has 0 N–H and O–H groups in total. The van der Waals surface area contributed by atoms with Crippen LogP contribution in [0.25, 0.3) is 0 Å². The molecule has 0 aliphatic rings. The first kappa shape index (κ1) is 10.3. The summed E-state index contributed by atoms with van der Waals surface area (Å²) in [6, 6.07) is 0. The Morgan fingerprint density at radius 3 is 2.36 bits per heavy atom. The maximum absolute atomic E-state index is 11.4. The van der Waals surface area contributed by atoms with Crippen molar-refractivity contribution in [2.45, 2.75) is 20.0 Å². The van der Waals surface area contributed by atoms with E-state index in [4.69, 9.17) is 0 Å². The Morgan fingerprint density at radius 1 is 1.45 bits per heavy atom. The molecule has 11 heavy (non-hydrogen) atoms. The Morgan fingerprint density at radius 2 is 2.00 bits per heavy atom. The first-order chi connectivity index (χ1) is 4.92. The molecule has 0 heterocycles. The number of hydrogen-bond donors (Lipinski definition) is 0. The number of halogens is 3. The molecule has 0 atom stereocenters. The molecule has 5 heteroatoms. The van der Waals surface area contributed by atoms with Crippen LogP contribution in [0.4, 0.5) is 13.2 Å². The van der Waals surface area contributed by atoms with Gasteiger partial charge in [-0.15, -0.1) is 0 Å². The molecule has 0 aromatic rings. The van der Waals surface area contributed by atoms with Gasteiger partial charge in [-0.2, -0.15) is 13.2 Å². The van der Waals surface area contributed by atoms with Crippen molar-refractivity contribution in [3.05, 3.63) is 0 Å². The van der Waals surface area contributed by atoms with Crippen LogP contribution in [0.3, 0.4) is 0 Å². The lowest BCUT2D eigenvalue weighted by molar-refractivity contribution is -0.173. The summed E-state index contributed by atoms with van der Waals surface area (Å²) in [5.41, 5.74) is 0. The second-order valence-electron chi connectivity index (χ2n) is 2.26. The topological polar surface area (TPSA) is 21.6 Å². The Bertz CT molecular complexity index is 130. The van der Waals surface area contributed by atoms with Crippen LogP contribution in [0.15, 0.2) is 5.16 Å². The Balaban J connectivity index is 3.42. The largest absolute Gasteiger partial charge is 0.425 e. The third kappa shape index (κ3) is 9.26. The Kier molecular flexibility index (Phi) is 3.92. The highest BCUT2D eigenvalue weighted by atomic mass is 19.4. The summed E-state index contributed by atoms with van der Waals surface area (Å²) >= 11 is 0. The van der Waals surface area contributed by atoms with Crippen molar-refractivity contribution in [3.63, 3.8) is 0 Å². The summed E-state index contributed by atoms with van der Waals surface area (Å²) in [5, 5.41) is 2.99.